The van der Waals surface area contributed by atoms with E-state index in [1.807, 2.05) is 24.3 Å². The Morgan fingerprint density at radius 2 is 2.09 bits per heavy atom. The number of anilines is 1. The average molecular weight is 489 g/mol. The molecule has 1 spiro atoms. The molecule has 0 saturated carbocycles. The van der Waals surface area contributed by atoms with Crippen LogP contribution >= 0.6 is 11.8 Å². The predicted molar refractivity (Wildman–Crippen MR) is 132 cm³/mol. The third-order valence-electron chi connectivity index (χ3n) is 7.96. The van der Waals surface area contributed by atoms with Crippen LogP contribution in [0.15, 0.2) is 35.4 Å². The number of benzene rings is 1. The number of nitrogens with zero attached hydrogens (tertiary/aromatic N) is 4. The van der Waals surface area contributed by atoms with Gasteiger partial charge >= 0.3 is 6.17 Å². The normalized spacial score (nSPS) is 33.3. The van der Waals surface area contributed by atoms with Crippen LogP contribution in [0.1, 0.15) is 26.2 Å². The molecule has 2 bridgehead atoms. The van der Waals surface area contributed by atoms with Crippen LogP contribution in [-0.2, 0) is 4.79 Å². The zero-order valence-corrected chi connectivity index (χ0v) is 20.8. The Balaban J connectivity index is 1.27. The molecule has 5 rings (SSSR count). The summed E-state index contributed by atoms with van der Waals surface area (Å²) in [6.45, 7) is 6.13. The molecule has 0 radical (unpaired) electrons. The van der Waals surface area contributed by atoms with Crippen LogP contribution in [0.2, 0.25) is 0 Å². The van der Waals surface area contributed by atoms with E-state index >= 15 is 0 Å². The molecule has 1 N–H and O–H groups in total. The second-order valence-electron chi connectivity index (χ2n) is 9.77. The van der Waals surface area contributed by atoms with Crippen LogP contribution in [0.25, 0.3) is 0 Å². The average Bonchev–Trinajstić information content (AvgIpc) is 3.26. The Labute approximate surface area is 204 Å². The number of piperazine rings is 1. The molecule has 184 valence electrons. The first kappa shape index (κ1) is 23.6. The molecule has 4 atom stereocenters. The Kier molecular flexibility index (Phi) is 6.34. The minimum atomic E-state index is -0.738. The summed E-state index contributed by atoms with van der Waals surface area (Å²) in [5, 5.41) is 18.1. The van der Waals surface area contributed by atoms with E-state index < -0.39 is 16.4 Å². The van der Waals surface area contributed by atoms with Crippen molar-refractivity contribution in [1.29, 1.82) is 0 Å². The van der Waals surface area contributed by atoms with E-state index in [-0.39, 0.29) is 11.9 Å². The van der Waals surface area contributed by atoms with Crippen molar-refractivity contribution in [2.75, 3.05) is 57.0 Å². The minimum Gasteiger partial charge on any atom is -0.627 e. The van der Waals surface area contributed by atoms with Gasteiger partial charge in [0.2, 0.25) is 5.91 Å². The first-order valence-electron chi connectivity index (χ1n) is 12.2. The molecule has 4 heterocycles. The summed E-state index contributed by atoms with van der Waals surface area (Å²) in [6, 6.07) is 7.84. The first-order valence-corrected chi connectivity index (χ1v) is 13.1. The number of quaternary nitrogens is 1. The monoisotopic (exact) mass is 488 g/mol. The van der Waals surface area contributed by atoms with E-state index in [2.05, 4.69) is 21.2 Å². The predicted octanol–water partition coefficient (Wildman–Crippen LogP) is 2.27. The van der Waals surface area contributed by atoms with E-state index in [0.717, 1.165) is 48.8 Å². The number of para-hydroxylation sites is 2. The lowest BCUT2D eigenvalue weighted by atomic mass is 9.80. The molecule has 0 aromatic heterocycles. The number of methoxy groups -OCH3 is 1. The van der Waals surface area contributed by atoms with E-state index in [1.165, 1.54) is 18.7 Å². The standard InChI is InChI=1S/C24H33N5O4S/c1-18(30)25-21-8-5-15-29(32)22(28(31)23-16-24(21,29)17-34-23)9-10-26-11-13-27(14-12-26)19-6-3-4-7-20(19)33-2/h3-4,6-7,16,21-22H,5,8-15,17H2,1-2H3/p+1. The van der Waals surface area contributed by atoms with Gasteiger partial charge in [0.15, 0.2) is 5.54 Å². The van der Waals surface area contributed by atoms with Gasteiger partial charge in [0.25, 0.3) is 5.03 Å². The number of thioether (sulfide) groups is 1. The molecular formula is C24H34N5O4S+. The van der Waals surface area contributed by atoms with Crippen molar-refractivity contribution in [3.63, 3.8) is 0 Å². The third kappa shape index (κ3) is 3.80. The number of ether oxygens (including phenoxy) is 1. The highest BCUT2D eigenvalue weighted by molar-refractivity contribution is 8.03. The van der Waals surface area contributed by atoms with Gasteiger partial charge in [-0.3, -0.25) is 14.3 Å². The van der Waals surface area contributed by atoms with Gasteiger partial charge in [-0.2, -0.15) is 0 Å². The Morgan fingerprint density at radius 1 is 1.32 bits per heavy atom. The van der Waals surface area contributed by atoms with E-state index in [0.29, 0.717) is 36.7 Å². The summed E-state index contributed by atoms with van der Waals surface area (Å²) in [4.78, 5) is 29.8. The van der Waals surface area contributed by atoms with E-state index in [9.17, 15) is 14.9 Å². The fraction of sp³-hybridized carbons (Fsp3) is 0.625. The van der Waals surface area contributed by atoms with Gasteiger partial charge in [-0.05, 0) is 36.7 Å². The Hall–Kier alpha value is -2.14. The maximum atomic E-state index is 14.4. The van der Waals surface area contributed by atoms with Gasteiger partial charge in [-0.15, -0.1) is 0 Å². The van der Waals surface area contributed by atoms with Gasteiger partial charge in [0, 0.05) is 44.6 Å². The number of hydrogen-bond acceptors (Lipinski definition) is 7. The van der Waals surface area contributed by atoms with E-state index in [1.54, 1.807) is 7.11 Å². The molecule has 2 saturated heterocycles. The Bertz CT molecular complexity index is 997. The smallest absolute Gasteiger partial charge is 0.335 e. The number of hydrogen-bond donors (Lipinski definition) is 1. The zero-order chi connectivity index (χ0) is 23.9. The lowest BCUT2D eigenvalue weighted by molar-refractivity contribution is -1.03. The fourth-order valence-corrected chi connectivity index (χ4v) is 7.62. The maximum Gasteiger partial charge on any atom is 0.335 e. The van der Waals surface area contributed by atoms with Crippen molar-refractivity contribution in [2.24, 2.45) is 0 Å². The highest BCUT2D eigenvalue weighted by atomic mass is 32.2. The summed E-state index contributed by atoms with van der Waals surface area (Å²) in [7, 11) is 1.69. The lowest BCUT2D eigenvalue weighted by Crippen LogP contribution is -2.77. The molecule has 2 fully saturated rings. The van der Waals surface area contributed by atoms with Crippen LogP contribution in [0, 0.1) is 10.1 Å². The van der Waals surface area contributed by atoms with Crippen molar-refractivity contribution >= 4 is 23.4 Å². The number of amides is 1. The molecule has 1 aromatic rings. The van der Waals surface area contributed by atoms with Gasteiger partial charge < -0.3 is 20.2 Å². The van der Waals surface area contributed by atoms with Crippen LogP contribution in [-0.4, -0.2) is 90.1 Å². The van der Waals surface area contributed by atoms with Crippen molar-refractivity contribution < 1.29 is 18.9 Å². The number of rotatable bonds is 6. The number of carbonyl (C=O) groups is 1. The number of nitroso groups, excluding NO2 is 1. The van der Waals surface area contributed by atoms with Crippen molar-refractivity contribution in [2.45, 2.75) is 43.9 Å². The zero-order valence-electron chi connectivity index (χ0n) is 19.9. The van der Waals surface area contributed by atoms with Crippen LogP contribution in [0.4, 0.5) is 5.69 Å². The topological polar surface area (TPSA) is 88.0 Å². The first-order chi connectivity index (χ1) is 16.4. The number of carbonyl (C=O) groups excluding carboxylic acids is 1. The fourth-order valence-electron chi connectivity index (χ4n) is 6.20. The second-order valence-corrected chi connectivity index (χ2v) is 10.8. The van der Waals surface area contributed by atoms with Crippen LogP contribution in [0.3, 0.4) is 0 Å². The van der Waals surface area contributed by atoms with Gasteiger partial charge in [0.05, 0.1) is 48.4 Å². The Morgan fingerprint density at radius 3 is 2.82 bits per heavy atom. The molecule has 10 heteroatoms. The maximum absolute atomic E-state index is 14.4. The molecule has 1 amide bonds. The van der Waals surface area contributed by atoms with Crippen molar-refractivity contribution in [3.05, 3.63) is 45.5 Å². The van der Waals surface area contributed by atoms with Gasteiger partial charge in [0.1, 0.15) is 5.75 Å². The molecule has 4 aliphatic heterocycles. The summed E-state index contributed by atoms with van der Waals surface area (Å²) in [6.07, 6.45) is 3.22. The van der Waals surface area contributed by atoms with Gasteiger partial charge in [-0.1, -0.05) is 12.1 Å². The summed E-state index contributed by atoms with van der Waals surface area (Å²) < 4.78 is 5.95. The highest BCUT2D eigenvalue weighted by Gasteiger charge is 2.68. The van der Waals surface area contributed by atoms with E-state index in [4.69, 9.17) is 4.74 Å². The third-order valence-corrected chi connectivity index (χ3v) is 9.16. The van der Waals surface area contributed by atoms with Crippen molar-refractivity contribution in [3.8, 4) is 5.75 Å². The highest BCUT2D eigenvalue weighted by Crippen LogP contribution is 2.52. The molecule has 9 nitrogen and oxygen atoms in total. The summed E-state index contributed by atoms with van der Waals surface area (Å²) >= 11 is 1.47. The molecule has 0 aliphatic carbocycles. The lowest BCUT2D eigenvalue weighted by Gasteiger charge is -2.59. The largest absolute Gasteiger partial charge is 0.627 e. The number of nitrogens with one attached hydrogen (secondary N) is 1. The second kappa shape index (κ2) is 9.14. The van der Waals surface area contributed by atoms with Crippen molar-refractivity contribution in [1.82, 2.24) is 10.2 Å². The van der Waals surface area contributed by atoms with Gasteiger partial charge in [-0.25, -0.2) is 0 Å². The summed E-state index contributed by atoms with van der Waals surface area (Å²) in [5.74, 6) is 1.32. The number of piperidine rings is 1. The van der Waals surface area contributed by atoms with Crippen LogP contribution in [0.5, 0.6) is 5.75 Å². The quantitative estimate of drug-likeness (QED) is 0.373. The molecule has 1 aromatic carbocycles. The SMILES string of the molecule is COc1ccccc1N1CCN(CCC2[N+](=O)C3=CC4(CS3)C(NC(C)=O)CCC[N+]24[O-])CC1. The molecular weight excluding hydrogens is 454 g/mol. The number of hydroxylamine groups is 3. The molecule has 4 unspecified atom stereocenters. The minimum absolute atomic E-state index is 0.117. The molecule has 34 heavy (non-hydrogen) atoms. The summed E-state index contributed by atoms with van der Waals surface area (Å²) in [5.41, 5.74) is 0.365. The molecule has 4 aliphatic rings. The van der Waals surface area contributed by atoms with Crippen LogP contribution < -0.4 is 15.0 Å².